The van der Waals surface area contributed by atoms with Crippen LogP contribution < -0.4 is 11.1 Å². The van der Waals surface area contributed by atoms with Crippen molar-refractivity contribution in [3.63, 3.8) is 0 Å². The van der Waals surface area contributed by atoms with Crippen LogP contribution in [0, 0.1) is 6.92 Å². The van der Waals surface area contributed by atoms with E-state index in [1.165, 1.54) is 11.3 Å². The van der Waals surface area contributed by atoms with Crippen LogP contribution in [0.15, 0.2) is 0 Å². The van der Waals surface area contributed by atoms with Crippen LogP contribution in [0.3, 0.4) is 0 Å². The highest BCUT2D eigenvalue weighted by atomic mass is 32.1. The first-order valence-electron chi connectivity index (χ1n) is 5.32. The molecule has 1 rings (SSSR count). The van der Waals surface area contributed by atoms with Gasteiger partial charge in [-0.1, -0.05) is 0 Å². The molecule has 0 aliphatic rings. The van der Waals surface area contributed by atoms with Gasteiger partial charge in [0.25, 0.3) is 5.91 Å². The fourth-order valence-corrected chi connectivity index (χ4v) is 2.27. The van der Waals surface area contributed by atoms with Crippen molar-refractivity contribution < 1.29 is 4.79 Å². The van der Waals surface area contributed by atoms with E-state index < -0.39 is 0 Å². The number of rotatable bonds is 3. The van der Waals surface area contributed by atoms with Crippen LogP contribution in [0.25, 0.3) is 0 Å². The largest absolute Gasteiger partial charge is 0.347 e. The average molecular weight is 241 g/mol. The second-order valence-corrected chi connectivity index (χ2v) is 5.85. The Kier molecular flexibility index (Phi) is 4.04. The molecule has 0 unspecified atom stereocenters. The van der Waals surface area contributed by atoms with Crippen LogP contribution in [0.5, 0.6) is 0 Å². The van der Waals surface area contributed by atoms with E-state index in [2.05, 4.69) is 10.3 Å². The lowest BCUT2D eigenvalue weighted by atomic mass is 10.1. The summed E-state index contributed by atoms with van der Waals surface area (Å²) < 4.78 is 0. The number of aryl methyl sites for hydroxylation is 1. The van der Waals surface area contributed by atoms with Crippen molar-refractivity contribution in [3.8, 4) is 0 Å². The van der Waals surface area contributed by atoms with Crippen molar-refractivity contribution in [2.45, 2.75) is 39.7 Å². The molecule has 1 aromatic heterocycles. The van der Waals surface area contributed by atoms with Crippen molar-refractivity contribution in [1.29, 1.82) is 0 Å². The van der Waals surface area contributed by atoms with Crippen molar-refractivity contribution >= 4 is 17.2 Å². The zero-order chi connectivity index (χ0) is 12.3. The summed E-state index contributed by atoms with van der Waals surface area (Å²) in [5.74, 6) is -0.0502. The molecule has 0 aliphatic carbocycles. The molecular weight excluding hydrogens is 222 g/mol. The van der Waals surface area contributed by atoms with Crippen molar-refractivity contribution in [2.24, 2.45) is 5.73 Å². The topological polar surface area (TPSA) is 68.0 Å². The molecule has 0 saturated carbocycles. The van der Waals surface area contributed by atoms with Gasteiger partial charge in [-0.25, -0.2) is 4.98 Å². The lowest BCUT2D eigenvalue weighted by Crippen LogP contribution is -2.40. The monoisotopic (exact) mass is 241 g/mol. The number of carbonyl (C=O) groups is 1. The van der Waals surface area contributed by atoms with Gasteiger partial charge < -0.3 is 11.1 Å². The summed E-state index contributed by atoms with van der Waals surface area (Å²) in [5, 5.41) is 3.86. The van der Waals surface area contributed by atoms with E-state index in [9.17, 15) is 4.79 Å². The van der Waals surface area contributed by atoms with Crippen LogP contribution in [0.1, 0.15) is 41.1 Å². The molecule has 90 valence electrons. The highest BCUT2D eigenvalue weighted by molar-refractivity contribution is 7.13. The molecule has 0 saturated heterocycles. The Hall–Kier alpha value is -0.940. The molecule has 0 radical (unpaired) electrons. The third kappa shape index (κ3) is 3.57. The quantitative estimate of drug-likeness (QED) is 0.842. The van der Waals surface area contributed by atoms with Gasteiger partial charge in [0.15, 0.2) is 0 Å². The number of nitrogens with two attached hydrogens (primary N) is 1. The SMILES string of the molecule is Cc1nc(CCN)sc1C(=O)NC(C)(C)C. The number of nitrogens with zero attached hydrogens (tertiary/aromatic N) is 1. The second-order valence-electron chi connectivity index (χ2n) is 4.76. The molecule has 3 N–H and O–H groups in total. The number of thiazole rings is 1. The number of hydrogen-bond acceptors (Lipinski definition) is 4. The first kappa shape index (κ1) is 13.1. The molecule has 0 fully saturated rings. The molecule has 1 heterocycles. The second kappa shape index (κ2) is 4.93. The molecule has 0 aliphatic heterocycles. The molecule has 0 atom stereocenters. The summed E-state index contributed by atoms with van der Waals surface area (Å²) in [6, 6.07) is 0. The predicted molar refractivity (Wildman–Crippen MR) is 66.8 cm³/mol. The average Bonchev–Trinajstić information content (AvgIpc) is 2.44. The summed E-state index contributed by atoms with van der Waals surface area (Å²) in [6.07, 6.45) is 0.730. The third-order valence-electron chi connectivity index (χ3n) is 1.89. The van der Waals surface area contributed by atoms with Gasteiger partial charge in [-0.2, -0.15) is 0 Å². The van der Waals surface area contributed by atoms with Gasteiger partial charge in [-0.15, -0.1) is 11.3 Å². The minimum atomic E-state index is -0.221. The zero-order valence-electron chi connectivity index (χ0n) is 10.3. The smallest absolute Gasteiger partial charge is 0.263 e. The van der Waals surface area contributed by atoms with Gasteiger partial charge in [0, 0.05) is 12.0 Å². The third-order valence-corrected chi connectivity index (χ3v) is 3.11. The first-order chi connectivity index (χ1) is 7.33. The number of amides is 1. The molecule has 0 bridgehead atoms. The first-order valence-corrected chi connectivity index (χ1v) is 6.14. The Balaban J connectivity index is 2.83. The maximum Gasteiger partial charge on any atom is 0.263 e. The summed E-state index contributed by atoms with van der Waals surface area (Å²) in [5.41, 5.74) is 6.03. The zero-order valence-corrected chi connectivity index (χ0v) is 11.1. The Morgan fingerprint density at radius 3 is 2.62 bits per heavy atom. The lowest BCUT2D eigenvalue weighted by Gasteiger charge is -2.19. The summed E-state index contributed by atoms with van der Waals surface area (Å²) >= 11 is 1.43. The Bertz CT molecular complexity index is 379. The van der Waals surface area contributed by atoms with Crippen LogP contribution in [-0.2, 0) is 6.42 Å². The van der Waals surface area contributed by atoms with Crippen molar-refractivity contribution in [3.05, 3.63) is 15.6 Å². The van der Waals surface area contributed by atoms with Crippen LogP contribution in [0.4, 0.5) is 0 Å². The number of nitrogens with one attached hydrogen (secondary N) is 1. The fourth-order valence-electron chi connectivity index (χ4n) is 1.29. The lowest BCUT2D eigenvalue weighted by molar-refractivity contribution is 0.0923. The predicted octanol–water partition coefficient (Wildman–Crippen LogP) is 1.48. The maximum atomic E-state index is 11.9. The normalized spacial score (nSPS) is 11.6. The number of hydrogen-bond donors (Lipinski definition) is 2. The van der Waals surface area contributed by atoms with E-state index >= 15 is 0 Å². The number of carbonyl (C=O) groups excluding carboxylic acids is 1. The van der Waals surface area contributed by atoms with Gasteiger partial charge >= 0.3 is 0 Å². The molecule has 16 heavy (non-hydrogen) atoms. The molecular formula is C11H19N3OS. The Morgan fingerprint density at radius 1 is 1.50 bits per heavy atom. The highest BCUT2D eigenvalue weighted by Gasteiger charge is 2.19. The van der Waals surface area contributed by atoms with Gasteiger partial charge in [0.1, 0.15) is 4.88 Å². The van der Waals surface area contributed by atoms with Crippen molar-refractivity contribution in [1.82, 2.24) is 10.3 Å². The van der Waals surface area contributed by atoms with Crippen molar-refractivity contribution in [2.75, 3.05) is 6.54 Å². The highest BCUT2D eigenvalue weighted by Crippen LogP contribution is 2.19. The molecule has 5 heteroatoms. The minimum absolute atomic E-state index is 0.0502. The summed E-state index contributed by atoms with van der Waals surface area (Å²) in [4.78, 5) is 16.9. The standard InChI is InChI=1S/C11H19N3OS/c1-7-9(10(15)14-11(2,3)4)16-8(13-7)5-6-12/h5-6,12H2,1-4H3,(H,14,15). The maximum absolute atomic E-state index is 11.9. The molecule has 1 amide bonds. The van der Waals surface area contributed by atoms with E-state index in [4.69, 9.17) is 5.73 Å². The van der Waals surface area contributed by atoms with Gasteiger partial charge in [-0.05, 0) is 34.2 Å². The van der Waals surface area contributed by atoms with E-state index in [-0.39, 0.29) is 11.4 Å². The summed E-state index contributed by atoms with van der Waals surface area (Å²) in [7, 11) is 0. The minimum Gasteiger partial charge on any atom is -0.347 e. The van der Waals surface area contributed by atoms with Crippen LogP contribution in [0.2, 0.25) is 0 Å². The van der Waals surface area contributed by atoms with E-state index in [0.29, 0.717) is 11.4 Å². The van der Waals surface area contributed by atoms with E-state index in [0.717, 1.165) is 17.1 Å². The molecule has 1 aromatic rings. The molecule has 0 spiro atoms. The van der Waals surface area contributed by atoms with Crippen LogP contribution >= 0.6 is 11.3 Å². The van der Waals surface area contributed by atoms with Crippen LogP contribution in [-0.4, -0.2) is 23.0 Å². The van der Waals surface area contributed by atoms with E-state index in [1.807, 2.05) is 27.7 Å². The number of aromatic nitrogens is 1. The fraction of sp³-hybridized carbons (Fsp3) is 0.636. The van der Waals surface area contributed by atoms with Gasteiger partial charge in [0.05, 0.1) is 10.7 Å². The van der Waals surface area contributed by atoms with Gasteiger partial charge in [-0.3, -0.25) is 4.79 Å². The molecule has 0 aromatic carbocycles. The molecule has 4 nitrogen and oxygen atoms in total. The Morgan fingerprint density at radius 2 is 2.12 bits per heavy atom. The van der Waals surface area contributed by atoms with Gasteiger partial charge in [0.2, 0.25) is 0 Å². The Labute approximate surface area is 100 Å². The summed E-state index contributed by atoms with van der Waals surface area (Å²) in [6.45, 7) is 8.30. The van der Waals surface area contributed by atoms with E-state index in [1.54, 1.807) is 0 Å².